The molecule has 0 aliphatic heterocycles. The van der Waals surface area contributed by atoms with Crippen LogP contribution in [0.4, 0.5) is 0 Å². The molecule has 33 heavy (non-hydrogen) atoms. The first-order chi connectivity index (χ1) is 15.8. The minimum absolute atomic E-state index is 0.0168. The Morgan fingerprint density at radius 3 is 1.88 bits per heavy atom. The summed E-state index contributed by atoms with van der Waals surface area (Å²) in [5.41, 5.74) is 28.5. The van der Waals surface area contributed by atoms with Gasteiger partial charge in [-0.2, -0.15) is 0 Å². The van der Waals surface area contributed by atoms with Crippen molar-refractivity contribution in [2.75, 3.05) is 19.6 Å². The number of hydrogen-bond acceptors (Lipinski definition) is 5. The van der Waals surface area contributed by atoms with Crippen LogP contribution in [-0.4, -0.2) is 64.9 Å². The Morgan fingerprint density at radius 1 is 0.909 bits per heavy atom. The molecule has 0 bridgehead atoms. The van der Waals surface area contributed by atoms with Gasteiger partial charge in [0.05, 0.1) is 0 Å². The summed E-state index contributed by atoms with van der Waals surface area (Å²) < 4.78 is 7.54. The molecule has 0 saturated carbocycles. The monoisotopic (exact) mass is 572 g/mol. The average Bonchev–Trinajstić information content (AvgIpc) is 3.26. The summed E-state index contributed by atoms with van der Waals surface area (Å²) in [6, 6.07) is 0. The fourth-order valence-electron chi connectivity index (χ4n) is 3.51. The van der Waals surface area contributed by atoms with Crippen LogP contribution in [0.5, 0.6) is 0 Å². The predicted molar refractivity (Wildman–Crippen MR) is 140 cm³/mol. The minimum Gasteiger partial charge on any atom is -0.370 e. The molecular weight excluding hydrogens is 527 g/mol. The third kappa shape index (κ3) is 14.5. The number of aromatic nitrogens is 3. The number of nitrogens with two attached hydrogens (primary N) is 4. The Kier molecular flexibility index (Phi) is 18.0. The van der Waals surface area contributed by atoms with Gasteiger partial charge in [0.25, 0.3) is 0 Å². The van der Waals surface area contributed by atoms with E-state index in [4.69, 9.17) is 28.5 Å². The fraction of sp³-hybridized carbons (Fsp3) is 0.800. The number of rotatable bonds is 16. The van der Waals surface area contributed by atoms with Gasteiger partial charge in [0.1, 0.15) is 0 Å². The fourth-order valence-corrected chi connectivity index (χ4v) is 18.6. The Bertz CT molecular complexity index is 709. The number of unbranched alkanes of at least 4 members (excludes halogenated alkanes) is 3. The van der Waals surface area contributed by atoms with Crippen molar-refractivity contribution in [3.63, 3.8) is 0 Å². The van der Waals surface area contributed by atoms with Crippen LogP contribution in [0.3, 0.4) is 0 Å². The predicted octanol–water partition coefficient (Wildman–Crippen LogP) is 2.18. The third-order valence-corrected chi connectivity index (χ3v) is 20.3. The largest absolute Gasteiger partial charge is 0.370 e. The van der Waals surface area contributed by atoms with Gasteiger partial charge in [-0.1, -0.05) is 5.11 Å². The molecule has 0 radical (unpaired) electrons. The van der Waals surface area contributed by atoms with Crippen molar-refractivity contribution in [3.8, 4) is 0 Å². The van der Waals surface area contributed by atoms with Crippen LogP contribution in [0.1, 0.15) is 59.3 Å². The van der Waals surface area contributed by atoms with Crippen molar-refractivity contribution in [1.29, 1.82) is 0 Å². The van der Waals surface area contributed by atoms with Gasteiger partial charge in [-0.25, -0.2) is 0 Å². The van der Waals surface area contributed by atoms with Crippen molar-refractivity contribution in [1.82, 2.24) is 15.0 Å². The van der Waals surface area contributed by atoms with Crippen LogP contribution in [-0.2, 0) is 6.54 Å². The van der Waals surface area contributed by atoms with Gasteiger partial charge in [-0.05, 0) is 5.53 Å². The Hall–Kier alpha value is -2.21. The molecule has 0 saturated heterocycles. The molecule has 0 spiro atoms. The van der Waals surface area contributed by atoms with E-state index in [9.17, 15) is 0 Å². The average molecular weight is 571 g/mol. The molecule has 0 amide bonds. The molecule has 8 N–H and O–H groups in total. The van der Waals surface area contributed by atoms with Gasteiger partial charge in [0.15, 0.2) is 5.96 Å². The third-order valence-electron chi connectivity index (χ3n) is 5.29. The van der Waals surface area contributed by atoms with E-state index < -0.39 is 18.4 Å². The molecule has 0 fully saturated rings. The number of hydrogen-bond donors (Lipinski definition) is 4. The maximum atomic E-state index is 7.78. The summed E-state index contributed by atoms with van der Waals surface area (Å²) in [6.07, 6.45) is 10.0. The zero-order valence-corrected chi connectivity index (χ0v) is 23.5. The number of nitrogens with zero attached hydrogens (tertiary/aromatic N) is 8. The van der Waals surface area contributed by atoms with E-state index in [-0.39, 0.29) is 11.9 Å². The Balaban J connectivity index is 0.000000960. The molecule has 1 aromatic heterocycles. The molecule has 1 rings (SSSR count). The van der Waals surface area contributed by atoms with Crippen molar-refractivity contribution in [2.24, 2.45) is 38.0 Å². The van der Waals surface area contributed by atoms with Crippen LogP contribution in [0, 0.1) is 0 Å². The molecule has 1 heterocycles. The first kappa shape index (κ1) is 30.8. The SMILES string of the molecule is CCC[CH2][Sn]([CH2]CCC)([CH2]CCC)[c]1cn(CCN=C(N)N)nn1.[N-]=[N+]=NCCN=C(N)N. The van der Waals surface area contributed by atoms with Gasteiger partial charge in [-0.15, -0.1) is 0 Å². The van der Waals surface area contributed by atoms with E-state index in [0.29, 0.717) is 26.2 Å². The van der Waals surface area contributed by atoms with E-state index in [1.165, 1.54) is 55.5 Å². The Labute approximate surface area is 202 Å². The van der Waals surface area contributed by atoms with Gasteiger partial charge < -0.3 is 11.5 Å². The van der Waals surface area contributed by atoms with E-state index in [0.717, 1.165) is 0 Å². The van der Waals surface area contributed by atoms with Gasteiger partial charge in [-0.3, -0.25) is 4.99 Å². The second kappa shape index (κ2) is 19.3. The summed E-state index contributed by atoms with van der Waals surface area (Å²) in [4.78, 5) is 10.1. The van der Waals surface area contributed by atoms with Crippen molar-refractivity contribution in [2.45, 2.75) is 79.2 Å². The second-order valence-corrected chi connectivity index (χ2v) is 21.1. The van der Waals surface area contributed by atoms with Crippen LogP contribution < -0.4 is 26.6 Å². The number of guanidine groups is 2. The molecule has 0 atom stereocenters. The molecule has 0 aromatic carbocycles. The van der Waals surface area contributed by atoms with Crippen LogP contribution >= 0.6 is 0 Å². The van der Waals surface area contributed by atoms with Crippen LogP contribution in [0.15, 0.2) is 21.3 Å². The molecule has 0 aliphatic rings. The topological polar surface area (TPSA) is 208 Å². The summed E-state index contributed by atoms with van der Waals surface area (Å²) in [6.45, 7) is 8.79. The van der Waals surface area contributed by atoms with E-state index in [1.54, 1.807) is 0 Å². The molecule has 0 aliphatic carbocycles. The van der Waals surface area contributed by atoms with Crippen molar-refractivity contribution >= 4 is 34.0 Å². The normalized spacial score (nSPS) is 10.5. The maximum absolute atomic E-state index is 7.78. The van der Waals surface area contributed by atoms with Crippen LogP contribution in [0.2, 0.25) is 13.3 Å². The first-order valence-electron chi connectivity index (χ1n) is 11.9. The summed E-state index contributed by atoms with van der Waals surface area (Å²) in [5, 5.41) is 12.2. The standard InChI is InChI=1S/C5H9N6.3C4H9.C3H8N6.Sn/c6-5(7)8-1-3-11-4-2-9-10-11;3*1-3-4-2;4-3(5)7-1-2-8-9-6;/h4H,1,3H2,(H4,6,7,8);3*1,3-4H2,2H3;1-2H2,(H4,4,5,7);. The molecule has 13 heteroatoms. The molecule has 1 aromatic rings. The quantitative estimate of drug-likeness (QED) is 0.0444. The van der Waals surface area contributed by atoms with E-state index >= 15 is 0 Å². The zero-order chi connectivity index (χ0) is 25.0. The molecule has 12 nitrogen and oxygen atoms in total. The smallest absolute Gasteiger partial charge is 0.185 e. The van der Waals surface area contributed by atoms with Crippen LogP contribution in [0.25, 0.3) is 10.4 Å². The van der Waals surface area contributed by atoms with Gasteiger partial charge in [0, 0.05) is 18.0 Å². The number of azide groups is 1. The van der Waals surface area contributed by atoms with Gasteiger partial charge in [0.2, 0.25) is 0 Å². The first-order valence-corrected chi connectivity index (χ1v) is 19.4. The zero-order valence-electron chi connectivity index (χ0n) is 20.7. The Morgan fingerprint density at radius 2 is 1.42 bits per heavy atom. The van der Waals surface area contributed by atoms with Gasteiger partial charge >= 0.3 is 151 Å². The maximum Gasteiger partial charge on any atom is 0.185 e. The minimum atomic E-state index is -2.44. The second-order valence-electron chi connectivity index (χ2n) is 8.03. The summed E-state index contributed by atoms with van der Waals surface area (Å²) >= 11 is -2.44. The van der Waals surface area contributed by atoms with Crippen molar-refractivity contribution in [3.05, 3.63) is 16.6 Å². The molecule has 188 valence electrons. The van der Waals surface area contributed by atoms with Crippen molar-refractivity contribution < 1.29 is 0 Å². The summed E-state index contributed by atoms with van der Waals surface area (Å²) in [5.74, 6) is 0.154. The molecular formula is C20H44N12Sn. The van der Waals surface area contributed by atoms with E-state index in [1.807, 2.05) is 4.68 Å². The summed E-state index contributed by atoms with van der Waals surface area (Å²) in [7, 11) is 0. The van der Waals surface area contributed by atoms with E-state index in [2.05, 4.69) is 57.3 Å². The number of aliphatic imine (C=N–C) groups is 2. The molecule has 0 unspecified atom stereocenters.